The van der Waals surface area contributed by atoms with Crippen LogP contribution in [0, 0.1) is 24.5 Å². The van der Waals surface area contributed by atoms with Crippen LogP contribution in [0.2, 0.25) is 0 Å². The molecule has 250 valence electrons. The highest BCUT2D eigenvalue weighted by Crippen LogP contribution is 2.49. The number of nitrogens with one attached hydrogen (secondary N) is 1. The van der Waals surface area contributed by atoms with Crippen molar-refractivity contribution in [3.05, 3.63) is 46.9 Å². The zero-order chi connectivity index (χ0) is 32.9. The molecule has 2 aromatic heterocycles. The molecule has 8 rings (SSSR count). The van der Waals surface area contributed by atoms with Gasteiger partial charge in [-0.2, -0.15) is 23.1 Å². The van der Waals surface area contributed by atoms with Gasteiger partial charge in [-0.15, -0.1) is 0 Å². The lowest BCUT2D eigenvalue weighted by atomic mass is 9.90. The SMILES string of the molecule is Cc1cc(N)c(F)c(-c2ncc3c(N4CC5CCC(C6CC6)(C4)N5)nc(OC[C@@]45CCCN4C/C(=C/F)C5)nc3c2F)c1C(F)(F)F. The fourth-order valence-electron chi connectivity index (χ4n) is 8.72. The number of aromatic nitrogens is 3. The number of piperazine rings is 1. The fraction of sp³-hybridized carbons (Fsp3) is 0.545. The zero-order valence-corrected chi connectivity index (χ0v) is 25.9. The van der Waals surface area contributed by atoms with Gasteiger partial charge in [-0.3, -0.25) is 9.88 Å². The highest BCUT2D eigenvalue weighted by molar-refractivity contribution is 5.92. The van der Waals surface area contributed by atoms with E-state index in [1.807, 2.05) is 0 Å². The van der Waals surface area contributed by atoms with E-state index in [2.05, 4.69) is 25.1 Å². The molecule has 0 spiro atoms. The Morgan fingerprint density at radius 2 is 1.96 bits per heavy atom. The molecule has 0 amide bonds. The smallest absolute Gasteiger partial charge is 0.417 e. The van der Waals surface area contributed by atoms with Gasteiger partial charge in [-0.05, 0) is 81.5 Å². The highest BCUT2D eigenvalue weighted by Gasteiger charge is 2.53. The molecule has 3 atom stereocenters. The highest BCUT2D eigenvalue weighted by atomic mass is 19.4. The van der Waals surface area contributed by atoms with Gasteiger partial charge in [0.15, 0.2) is 11.6 Å². The lowest BCUT2D eigenvalue weighted by molar-refractivity contribution is -0.137. The quantitative estimate of drug-likeness (QED) is 0.244. The van der Waals surface area contributed by atoms with Crippen molar-refractivity contribution < 1.29 is 31.1 Å². The van der Waals surface area contributed by atoms with E-state index in [4.69, 9.17) is 15.5 Å². The van der Waals surface area contributed by atoms with E-state index in [-0.39, 0.29) is 40.7 Å². The number of nitrogens with two attached hydrogens (primary N) is 1. The number of ether oxygens (including phenoxy) is 1. The predicted molar refractivity (Wildman–Crippen MR) is 164 cm³/mol. The standard InChI is InChI=1S/C33H35F6N7O/c1-17-9-22(40)25(35)23(24(17)33(37,38)39)28-26(36)27-21(12-41-28)29(45-14-20-5-7-32(15-45,44-20)19-3-4-19)43-30(42-27)47-16-31-6-2-8-46(31)13-18(10-31)11-34/h9,11-12,19-20,44H,2-8,10,13-16,40H2,1H3/b18-11+/t20?,31-,32?/m0/s1. The van der Waals surface area contributed by atoms with Crippen molar-refractivity contribution in [3.63, 3.8) is 0 Å². The maximum absolute atomic E-state index is 16.7. The Balaban J connectivity index is 1.26. The number of nitrogens with zero attached hydrogens (tertiary/aromatic N) is 5. The van der Waals surface area contributed by atoms with Gasteiger partial charge in [0.1, 0.15) is 23.6 Å². The minimum Gasteiger partial charge on any atom is -0.461 e. The summed E-state index contributed by atoms with van der Waals surface area (Å²) in [6, 6.07) is 0.901. The maximum Gasteiger partial charge on any atom is 0.417 e. The monoisotopic (exact) mass is 659 g/mol. The molecule has 1 saturated carbocycles. The lowest BCUT2D eigenvalue weighted by Gasteiger charge is -2.42. The predicted octanol–water partition coefficient (Wildman–Crippen LogP) is 6.07. The van der Waals surface area contributed by atoms with E-state index < -0.39 is 45.9 Å². The molecule has 1 aromatic carbocycles. The van der Waals surface area contributed by atoms with E-state index in [0.29, 0.717) is 49.7 Å². The van der Waals surface area contributed by atoms with Crippen LogP contribution in [0.4, 0.5) is 37.8 Å². The van der Waals surface area contributed by atoms with Crippen LogP contribution in [0.1, 0.15) is 56.1 Å². The summed E-state index contributed by atoms with van der Waals surface area (Å²) in [5.41, 5.74) is 1.30. The molecule has 2 unspecified atom stereocenters. The molecule has 5 fully saturated rings. The molecule has 0 radical (unpaired) electrons. The van der Waals surface area contributed by atoms with Crippen LogP contribution in [0.3, 0.4) is 0 Å². The van der Waals surface area contributed by atoms with Crippen molar-refractivity contribution in [2.75, 3.05) is 43.4 Å². The molecule has 4 aliphatic heterocycles. The van der Waals surface area contributed by atoms with Gasteiger partial charge >= 0.3 is 12.2 Å². The van der Waals surface area contributed by atoms with Gasteiger partial charge in [0.05, 0.1) is 34.1 Å². The summed E-state index contributed by atoms with van der Waals surface area (Å²) in [5.74, 6) is -1.77. The maximum atomic E-state index is 16.7. The van der Waals surface area contributed by atoms with Crippen molar-refractivity contribution >= 4 is 22.4 Å². The molecule has 47 heavy (non-hydrogen) atoms. The average molecular weight is 660 g/mol. The van der Waals surface area contributed by atoms with Crippen molar-refractivity contribution in [2.24, 2.45) is 5.92 Å². The Bertz CT molecular complexity index is 1810. The van der Waals surface area contributed by atoms with Gasteiger partial charge in [-0.25, -0.2) is 13.2 Å². The second-order valence-corrected chi connectivity index (χ2v) is 14.0. The Hall–Kier alpha value is -3.65. The van der Waals surface area contributed by atoms with Gasteiger partial charge < -0.3 is 20.7 Å². The van der Waals surface area contributed by atoms with E-state index in [1.165, 1.54) is 6.20 Å². The number of nitrogen functional groups attached to an aromatic ring is 1. The van der Waals surface area contributed by atoms with E-state index in [9.17, 15) is 17.6 Å². The summed E-state index contributed by atoms with van der Waals surface area (Å²) in [5, 5.41) is 3.98. The largest absolute Gasteiger partial charge is 0.461 e. The van der Waals surface area contributed by atoms with Crippen LogP contribution >= 0.6 is 0 Å². The Kier molecular flexibility index (Phi) is 6.97. The van der Waals surface area contributed by atoms with Crippen molar-refractivity contribution in [1.29, 1.82) is 0 Å². The van der Waals surface area contributed by atoms with Gasteiger partial charge in [0, 0.05) is 37.4 Å². The summed E-state index contributed by atoms with van der Waals surface area (Å²) in [7, 11) is 0. The van der Waals surface area contributed by atoms with Crippen LogP contribution in [-0.4, -0.2) is 69.8 Å². The number of rotatable bonds is 6. The molecule has 14 heteroatoms. The normalized spacial score (nSPS) is 28.5. The Labute approximate surface area is 267 Å². The number of hydrogen-bond acceptors (Lipinski definition) is 8. The van der Waals surface area contributed by atoms with Crippen molar-refractivity contribution in [1.82, 2.24) is 25.2 Å². The third kappa shape index (κ3) is 4.92. The molecule has 3 aromatic rings. The number of fused-ring (bicyclic) bond motifs is 4. The van der Waals surface area contributed by atoms with E-state index in [0.717, 1.165) is 58.1 Å². The first-order valence-corrected chi connectivity index (χ1v) is 16.1. The Morgan fingerprint density at radius 3 is 2.70 bits per heavy atom. The molecular formula is C33H35F6N7O. The molecule has 6 heterocycles. The molecule has 3 N–H and O–H groups in total. The first-order chi connectivity index (χ1) is 22.4. The number of anilines is 2. The second kappa shape index (κ2) is 10.7. The molecular weight excluding hydrogens is 624 g/mol. The lowest BCUT2D eigenvalue weighted by Crippen LogP contribution is -2.61. The van der Waals surface area contributed by atoms with Gasteiger partial charge in [0.2, 0.25) is 0 Å². The number of alkyl halides is 3. The van der Waals surface area contributed by atoms with Crippen LogP contribution in [0.15, 0.2) is 24.2 Å². The summed E-state index contributed by atoms with van der Waals surface area (Å²) in [4.78, 5) is 17.5. The molecule has 4 saturated heterocycles. The van der Waals surface area contributed by atoms with Crippen LogP contribution in [0.5, 0.6) is 6.01 Å². The zero-order valence-electron chi connectivity index (χ0n) is 25.9. The summed E-state index contributed by atoms with van der Waals surface area (Å²) < 4.78 is 94.6. The number of halogens is 6. The first-order valence-electron chi connectivity index (χ1n) is 16.1. The summed E-state index contributed by atoms with van der Waals surface area (Å²) in [6.45, 7) is 3.71. The Morgan fingerprint density at radius 1 is 1.15 bits per heavy atom. The fourth-order valence-corrected chi connectivity index (χ4v) is 8.72. The van der Waals surface area contributed by atoms with Gasteiger partial charge in [0.25, 0.3) is 0 Å². The molecule has 1 aliphatic carbocycles. The second-order valence-electron chi connectivity index (χ2n) is 14.0. The first kappa shape index (κ1) is 30.7. The third-order valence-electron chi connectivity index (χ3n) is 11.0. The minimum absolute atomic E-state index is 0.112. The molecule has 8 nitrogen and oxygen atoms in total. The summed E-state index contributed by atoms with van der Waals surface area (Å²) >= 11 is 0. The van der Waals surface area contributed by atoms with Crippen molar-refractivity contribution in [3.8, 4) is 17.3 Å². The van der Waals surface area contributed by atoms with Crippen molar-refractivity contribution in [2.45, 2.75) is 75.2 Å². The van der Waals surface area contributed by atoms with Crippen LogP contribution in [0.25, 0.3) is 22.2 Å². The number of benzene rings is 1. The van der Waals surface area contributed by atoms with Crippen LogP contribution < -0.4 is 20.7 Å². The summed E-state index contributed by atoms with van der Waals surface area (Å²) in [6.07, 6.45) is 3.20. The molecule has 5 aliphatic rings. The number of hydrogen-bond donors (Lipinski definition) is 2. The average Bonchev–Trinajstić information content (AvgIpc) is 3.64. The van der Waals surface area contributed by atoms with Crippen LogP contribution in [-0.2, 0) is 6.18 Å². The molecule has 2 bridgehead atoms. The number of pyridine rings is 1. The topological polar surface area (TPSA) is 92.4 Å². The van der Waals surface area contributed by atoms with Gasteiger partial charge in [-0.1, -0.05) is 0 Å². The third-order valence-corrected chi connectivity index (χ3v) is 11.0. The van der Waals surface area contributed by atoms with E-state index >= 15 is 8.78 Å². The number of aryl methyl sites for hydroxylation is 1. The van der Waals surface area contributed by atoms with E-state index in [1.54, 1.807) is 0 Å². The minimum atomic E-state index is -5.01.